The van der Waals surface area contributed by atoms with Crippen molar-refractivity contribution in [1.29, 1.82) is 0 Å². The summed E-state index contributed by atoms with van der Waals surface area (Å²) < 4.78 is 39.7. The highest BCUT2D eigenvalue weighted by molar-refractivity contribution is 5.48. The summed E-state index contributed by atoms with van der Waals surface area (Å²) in [5.74, 6) is 0. The van der Waals surface area contributed by atoms with Gasteiger partial charge >= 0.3 is 6.18 Å². The second-order valence-electron chi connectivity index (χ2n) is 5.65. The number of nitrogens with two attached hydrogens (primary N) is 1. The zero-order chi connectivity index (χ0) is 15.1. The molecule has 0 amide bonds. The highest BCUT2D eigenvalue weighted by Gasteiger charge is 2.38. The van der Waals surface area contributed by atoms with E-state index < -0.39 is 11.9 Å². The molecule has 0 saturated heterocycles. The van der Waals surface area contributed by atoms with Crippen LogP contribution in [0.2, 0.25) is 0 Å². The summed E-state index contributed by atoms with van der Waals surface area (Å²) in [7, 11) is 0. The molecule has 108 valence electrons. The van der Waals surface area contributed by atoms with Crippen molar-refractivity contribution in [3.8, 4) is 5.69 Å². The predicted octanol–water partition coefficient (Wildman–Crippen LogP) is 3.77. The number of halogens is 3. The van der Waals surface area contributed by atoms with Gasteiger partial charge in [0.25, 0.3) is 0 Å². The molecule has 2 N–H and O–H groups in total. The van der Waals surface area contributed by atoms with Crippen molar-refractivity contribution in [3.05, 3.63) is 41.7 Å². The molecular formula is C14H16F3N3. The molecule has 2 aromatic rings. The molecule has 0 spiro atoms. The Labute approximate surface area is 115 Å². The van der Waals surface area contributed by atoms with Crippen LogP contribution in [0.4, 0.5) is 18.9 Å². The monoisotopic (exact) mass is 283 g/mol. The zero-order valence-corrected chi connectivity index (χ0v) is 11.5. The van der Waals surface area contributed by atoms with E-state index in [-0.39, 0.29) is 11.1 Å². The van der Waals surface area contributed by atoms with E-state index in [0.717, 1.165) is 16.4 Å². The molecule has 20 heavy (non-hydrogen) atoms. The van der Waals surface area contributed by atoms with Gasteiger partial charge in [-0.25, -0.2) is 4.68 Å². The predicted molar refractivity (Wildman–Crippen MR) is 71.7 cm³/mol. The third-order valence-electron chi connectivity index (χ3n) is 3.04. The smallest absolute Gasteiger partial charge is 0.396 e. The Morgan fingerprint density at radius 1 is 1.05 bits per heavy atom. The van der Waals surface area contributed by atoms with Crippen molar-refractivity contribution >= 4 is 5.69 Å². The normalized spacial score (nSPS) is 12.7. The molecule has 0 bridgehead atoms. The molecule has 0 aliphatic carbocycles. The van der Waals surface area contributed by atoms with Gasteiger partial charge in [0.1, 0.15) is 0 Å². The molecule has 1 aromatic heterocycles. The van der Waals surface area contributed by atoms with Crippen molar-refractivity contribution < 1.29 is 13.2 Å². The number of alkyl halides is 3. The van der Waals surface area contributed by atoms with E-state index in [4.69, 9.17) is 5.73 Å². The summed E-state index contributed by atoms with van der Waals surface area (Å²) in [6.07, 6.45) is -3.52. The molecule has 1 heterocycles. The Bertz CT molecular complexity index is 604. The number of nitrogens with zero attached hydrogens (tertiary/aromatic N) is 2. The fourth-order valence-corrected chi connectivity index (χ4v) is 1.94. The molecule has 0 saturated carbocycles. The first-order valence-corrected chi connectivity index (χ1v) is 6.12. The Kier molecular flexibility index (Phi) is 3.28. The molecular weight excluding hydrogens is 267 g/mol. The van der Waals surface area contributed by atoms with Crippen molar-refractivity contribution in [3.63, 3.8) is 0 Å². The van der Waals surface area contributed by atoms with E-state index in [0.29, 0.717) is 5.69 Å². The van der Waals surface area contributed by atoms with Gasteiger partial charge in [0.05, 0.1) is 17.6 Å². The number of benzene rings is 1. The van der Waals surface area contributed by atoms with Crippen LogP contribution >= 0.6 is 0 Å². The summed E-state index contributed by atoms with van der Waals surface area (Å²) in [5.41, 5.74) is 5.35. The molecule has 0 unspecified atom stereocenters. The molecule has 0 radical (unpaired) electrons. The number of nitrogen functional groups attached to an aromatic ring is 1. The lowest BCUT2D eigenvalue weighted by Crippen LogP contribution is -2.16. The van der Waals surface area contributed by atoms with Crippen LogP contribution in [0.15, 0.2) is 30.5 Å². The van der Waals surface area contributed by atoms with Gasteiger partial charge in [-0.15, -0.1) is 0 Å². The highest BCUT2D eigenvalue weighted by atomic mass is 19.4. The maximum atomic E-state index is 13.0. The lowest BCUT2D eigenvalue weighted by atomic mass is 9.87. The fraction of sp³-hybridized carbons (Fsp3) is 0.357. The third-order valence-corrected chi connectivity index (χ3v) is 3.04. The molecule has 0 fully saturated rings. The van der Waals surface area contributed by atoms with Crippen LogP contribution in [-0.4, -0.2) is 9.78 Å². The van der Waals surface area contributed by atoms with E-state index in [9.17, 15) is 13.2 Å². The number of rotatable bonds is 1. The van der Waals surface area contributed by atoms with Crippen LogP contribution in [0, 0.1) is 0 Å². The van der Waals surface area contributed by atoms with Gasteiger partial charge < -0.3 is 5.73 Å². The Morgan fingerprint density at radius 3 is 2.05 bits per heavy atom. The SMILES string of the molecule is CC(C)(C)c1ccc(-n2ncc(N)c2C(F)(F)F)cc1. The third kappa shape index (κ3) is 2.64. The largest absolute Gasteiger partial charge is 0.435 e. The van der Waals surface area contributed by atoms with Gasteiger partial charge in [-0.05, 0) is 23.1 Å². The standard InChI is InChI=1S/C14H16F3N3/c1-13(2,3)9-4-6-10(7-5-9)20-12(14(15,16)17)11(18)8-19-20/h4-8H,18H2,1-3H3. The summed E-state index contributed by atoms with van der Waals surface area (Å²) in [5, 5.41) is 3.72. The Balaban J connectivity index is 2.48. The molecule has 2 rings (SSSR count). The van der Waals surface area contributed by atoms with E-state index >= 15 is 0 Å². The van der Waals surface area contributed by atoms with E-state index in [1.807, 2.05) is 20.8 Å². The van der Waals surface area contributed by atoms with Crippen LogP contribution < -0.4 is 5.73 Å². The maximum Gasteiger partial charge on any atom is 0.435 e. The van der Waals surface area contributed by atoms with E-state index in [1.54, 1.807) is 24.3 Å². The zero-order valence-electron chi connectivity index (χ0n) is 11.5. The van der Waals surface area contributed by atoms with E-state index in [2.05, 4.69) is 5.10 Å². The minimum absolute atomic E-state index is 0.0610. The van der Waals surface area contributed by atoms with Crippen LogP contribution in [0.5, 0.6) is 0 Å². The average Bonchev–Trinajstić information content (AvgIpc) is 2.70. The topological polar surface area (TPSA) is 43.8 Å². The van der Waals surface area contributed by atoms with Gasteiger partial charge in [-0.3, -0.25) is 0 Å². The first kappa shape index (κ1) is 14.4. The number of aromatic nitrogens is 2. The molecule has 6 heteroatoms. The summed E-state index contributed by atoms with van der Waals surface area (Å²) in [6.45, 7) is 6.11. The highest BCUT2D eigenvalue weighted by Crippen LogP contribution is 2.35. The lowest BCUT2D eigenvalue weighted by Gasteiger charge is -2.19. The van der Waals surface area contributed by atoms with Crippen LogP contribution in [0.1, 0.15) is 32.0 Å². The van der Waals surface area contributed by atoms with Crippen LogP contribution in [0.3, 0.4) is 0 Å². The Morgan fingerprint density at radius 2 is 1.60 bits per heavy atom. The van der Waals surface area contributed by atoms with Crippen molar-refractivity contribution in [1.82, 2.24) is 9.78 Å². The first-order valence-electron chi connectivity index (χ1n) is 6.12. The van der Waals surface area contributed by atoms with Gasteiger partial charge in [0, 0.05) is 0 Å². The minimum atomic E-state index is -4.54. The quantitative estimate of drug-likeness (QED) is 0.865. The van der Waals surface area contributed by atoms with Crippen molar-refractivity contribution in [2.45, 2.75) is 32.4 Å². The molecule has 0 aliphatic rings. The van der Waals surface area contributed by atoms with Gasteiger partial charge in [-0.1, -0.05) is 32.9 Å². The van der Waals surface area contributed by atoms with Crippen LogP contribution in [0.25, 0.3) is 5.69 Å². The van der Waals surface area contributed by atoms with Crippen molar-refractivity contribution in [2.75, 3.05) is 5.73 Å². The van der Waals surface area contributed by atoms with Gasteiger partial charge in [0.15, 0.2) is 5.69 Å². The number of anilines is 1. The average molecular weight is 283 g/mol. The molecule has 3 nitrogen and oxygen atoms in total. The number of hydrogen-bond donors (Lipinski definition) is 1. The summed E-state index contributed by atoms with van der Waals surface area (Å²) in [6, 6.07) is 6.82. The molecule has 0 atom stereocenters. The Hall–Kier alpha value is -1.98. The van der Waals surface area contributed by atoms with Gasteiger partial charge in [0.2, 0.25) is 0 Å². The molecule has 0 aliphatic heterocycles. The fourth-order valence-electron chi connectivity index (χ4n) is 1.94. The first-order chi connectivity index (χ1) is 9.10. The second kappa shape index (κ2) is 4.54. The lowest BCUT2D eigenvalue weighted by molar-refractivity contribution is -0.142. The second-order valence-corrected chi connectivity index (χ2v) is 5.65. The molecule has 1 aromatic carbocycles. The van der Waals surface area contributed by atoms with Crippen molar-refractivity contribution in [2.24, 2.45) is 0 Å². The number of hydrogen-bond acceptors (Lipinski definition) is 2. The van der Waals surface area contributed by atoms with Crippen LogP contribution in [-0.2, 0) is 11.6 Å². The summed E-state index contributed by atoms with van der Waals surface area (Å²) in [4.78, 5) is 0. The van der Waals surface area contributed by atoms with E-state index in [1.165, 1.54) is 0 Å². The summed E-state index contributed by atoms with van der Waals surface area (Å²) >= 11 is 0. The maximum absolute atomic E-state index is 13.0. The van der Waals surface area contributed by atoms with Gasteiger partial charge in [-0.2, -0.15) is 18.3 Å². The minimum Gasteiger partial charge on any atom is -0.396 e.